The van der Waals surface area contributed by atoms with Gasteiger partial charge in [-0.25, -0.2) is 0 Å². The molecule has 0 spiro atoms. The number of hydrogen-bond donors (Lipinski definition) is 2. The normalized spacial score (nSPS) is 19.1. The number of carbonyl (C=O) groups is 2. The third kappa shape index (κ3) is 6.51. The van der Waals surface area contributed by atoms with Crippen LogP contribution in [-0.4, -0.2) is 62.0 Å². The Morgan fingerprint density at radius 1 is 0.893 bits per heavy atom. The first-order valence-corrected chi connectivity index (χ1v) is 10.8. The van der Waals surface area contributed by atoms with Gasteiger partial charge in [0.05, 0.1) is 0 Å². The minimum atomic E-state index is -0.488. The molecule has 0 atom stereocenters. The third-order valence-electron chi connectivity index (χ3n) is 5.83. The maximum Gasteiger partial charge on any atom is 0.309 e. The van der Waals surface area contributed by atoms with Crippen molar-refractivity contribution >= 4 is 17.5 Å². The number of hydrogen-bond acceptors (Lipinski definition) is 4. The van der Waals surface area contributed by atoms with Gasteiger partial charge in [0.25, 0.3) is 0 Å². The van der Waals surface area contributed by atoms with E-state index in [1.54, 1.807) is 0 Å². The second-order valence-electron chi connectivity index (χ2n) is 7.94. The molecule has 1 saturated heterocycles. The zero-order valence-corrected chi connectivity index (χ0v) is 16.9. The van der Waals surface area contributed by atoms with Gasteiger partial charge in [-0.1, -0.05) is 43.9 Å². The molecule has 1 aromatic carbocycles. The molecule has 2 fully saturated rings. The fourth-order valence-electron chi connectivity index (χ4n) is 4.13. The van der Waals surface area contributed by atoms with E-state index in [2.05, 4.69) is 44.7 Å². The Morgan fingerprint density at radius 3 is 2.25 bits per heavy atom. The molecule has 0 unspecified atom stereocenters. The van der Waals surface area contributed by atoms with Crippen molar-refractivity contribution in [1.82, 2.24) is 15.5 Å². The molecule has 6 nitrogen and oxygen atoms in total. The van der Waals surface area contributed by atoms with Gasteiger partial charge < -0.3 is 15.5 Å². The molecule has 0 radical (unpaired) electrons. The summed E-state index contributed by atoms with van der Waals surface area (Å²) in [6, 6.07) is 10.7. The Kier molecular flexibility index (Phi) is 8.15. The number of rotatable bonds is 6. The van der Waals surface area contributed by atoms with Crippen LogP contribution in [0.2, 0.25) is 0 Å². The summed E-state index contributed by atoms with van der Waals surface area (Å²) in [6.45, 7) is 5.62. The summed E-state index contributed by atoms with van der Waals surface area (Å²) >= 11 is 0. The van der Waals surface area contributed by atoms with E-state index >= 15 is 0 Å². The van der Waals surface area contributed by atoms with Gasteiger partial charge in [0, 0.05) is 44.5 Å². The van der Waals surface area contributed by atoms with Gasteiger partial charge in [-0.15, -0.1) is 0 Å². The lowest BCUT2D eigenvalue weighted by Gasteiger charge is -2.36. The van der Waals surface area contributed by atoms with E-state index in [4.69, 9.17) is 0 Å². The van der Waals surface area contributed by atoms with Crippen molar-refractivity contribution in [3.8, 4) is 0 Å². The average Bonchev–Trinajstić information content (AvgIpc) is 3.01. The summed E-state index contributed by atoms with van der Waals surface area (Å²) in [5.74, 6) is -0.957. The molecule has 6 heteroatoms. The molecule has 2 aliphatic rings. The van der Waals surface area contributed by atoms with Crippen molar-refractivity contribution in [2.24, 2.45) is 0 Å². The van der Waals surface area contributed by atoms with Gasteiger partial charge in [-0.3, -0.25) is 14.5 Å². The molecule has 154 valence electrons. The first-order chi connectivity index (χ1) is 13.7. The summed E-state index contributed by atoms with van der Waals surface area (Å²) in [4.78, 5) is 28.9. The van der Waals surface area contributed by atoms with Gasteiger partial charge in [0.15, 0.2) is 0 Å². The maximum atomic E-state index is 12.1. The van der Waals surface area contributed by atoms with Crippen molar-refractivity contribution in [3.63, 3.8) is 0 Å². The van der Waals surface area contributed by atoms with Gasteiger partial charge in [0.1, 0.15) is 0 Å². The van der Waals surface area contributed by atoms with Gasteiger partial charge in [0.2, 0.25) is 0 Å². The van der Waals surface area contributed by atoms with Crippen molar-refractivity contribution in [1.29, 1.82) is 0 Å². The van der Waals surface area contributed by atoms with E-state index in [9.17, 15) is 9.59 Å². The monoisotopic (exact) mass is 386 g/mol. The van der Waals surface area contributed by atoms with Crippen molar-refractivity contribution in [2.45, 2.75) is 51.0 Å². The maximum absolute atomic E-state index is 12.1. The van der Waals surface area contributed by atoms with Crippen molar-refractivity contribution in [3.05, 3.63) is 30.3 Å². The molecular weight excluding hydrogens is 352 g/mol. The Morgan fingerprint density at radius 2 is 1.57 bits per heavy atom. The second kappa shape index (κ2) is 11.1. The van der Waals surface area contributed by atoms with Crippen LogP contribution in [-0.2, 0) is 9.59 Å². The van der Waals surface area contributed by atoms with Crippen LogP contribution in [0.5, 0.6) is 0 Å². The molecular formula is C22H34N4O2. The molecule has 2 amide bonds. The molecule has 1 saturated carbocycles. The minimum absolute atomic E-state index is 0.168. The minimum Gasteiger partial charge on any atom is -0.369 e. The van der Waals surface area contributed by atoms with Crippen LogP contribution in [0.3, 0.4) is 0 Å². The summed E-state index contributed by atoms with van der Waals surface area (Å²) in [6.07, 6.45) is 7.61. The molecule has 1 aliphatic carbocycles. The van der Waals surface area contributed by atoms with Crippen LogP contribution in [0.25, 0.3) is 0 Å². The Hall–Kier alpha value is -2.08. The largest absolute Gasteiger partial charge is 0.369 e. The Bertz CT molecular complexity index is 606. The molecule has 0 aromatic heterocycles. The summed E-state index contributed by atoms with van der Waals surface area (Å²) in [7, 11) is 0. The van der Waals surface area contributed by atoms with E-state index in [1.807, 2.05) is 6.07 Å². The SMILES string of the molecule is O=C(NCCCN1CCN(c2ccccc2)CC1)C(=O)NC1CCCCCC1. The van der Waals surface area contributed by atoms with Crippen LogP contribution in [0.15, 0.2) is 30.3 Å². The van der Waals surface area contributed by atoms with Crippen LogP contribution in [0.1, 0.15) is 44.9 Å². The Balaban J connectivity index is 1.27. The number of anilines is 1. The van der Waals surface area contributed by atoms with E-state index in [0.29, 0.717) is 6.54 Å². The lowest BCUT2D eigenvalue weighted by molar-refractivity contribution is -0.139. The first-order valence-electron chi connectivity index (χ1n) is 10.8. The predicted molar refractivity (Wildman–Crippen MR) is 112 cm³/mol. The highest BCUT2D eigenvalue weighted by Gasteiger charge is 2.20. The predicted octanol–water partition coefficient (Wildman–Crippen LogP) is 2.15. The third-order valence-corrected chi connectivity index (χ3v) is 5.83. The fraction of sp³-hybridized carbons (Fsp3) is 0.636. The fourth-order valence-corrected chi connectivity index (χ4v) is 4.13. The number of nitrogens with zero attached hydrogens (tertiary/aromatic N) is 2. The number of nitrogens with one attached hydrogen (secondary N) is 2. The van der Waals surface area contributed by atoms with E-state index in [0.717, 1.165) is 64.8 Å². The van der Waals surface area contributed by atoms with Crippen molar-refractivity contribution in [2.75, 3.05) is 44.2 Å². The molecule has 3 rings (SSSR count). The summed E-state index contributed by atoms with van der Waals surface area (Å²) < 4.78 is 0. The highest BCUT2D eigenvalue weighted by molar-refractivity contribution is 6.35. The smallest absolute Gasteiger partial charge is 0.309 e. The molecule has 1 aromatic rings. The zero-order chi connectivity index (χ0) is 19.6. The first kappa shape index (κ1) is 20.6. The standard InChI is InChI=1S/C22H34N4O2/c27-21(22(28)24-19-9-4-1-2-5-10-19)23-13-8-14-25-15-17-26(18-16-25)20-11-6-3-7-12-20/h3,6-7,11-12,19H,1-2,4-5,8-10,13-18H2,(H,23,27)(H,24,28). The topological polar surface area (TPSA) is 64.7 Å². The summed E-state index contributed by atoms with van der Waals surface area (Å²) in [5, 5.41) is 5.68. The number of amides is 2. The van der Waals surface area contributed by atoms with Gasteiger partial charge in [-0.05, 0) is 37.9 Å². The number of carbonyl (C=O) groups excluding carboxylic acids is 2. The highest BCUT2D eigenvalue weighted by atomic mass is 16.2. The van der Waals surface area contributed by atoms with Crippen LogP contribution < -0.4 is 15.5 Å². The van der Waals surface area contributed by atoms with Gasteiger partial charge >= 0.3 is 11.8 Å². The Labute approximate surface area is 168 Å². The number of para-hydroxylation sites is 1. The quantitative estimate of drug-likeness (QED) is 0.447. The van der Waals surface area contributed by atoms with Crippen LogP contribution in [0, 0.1) is 0 Å². The van der Waals surface area contributed by atoms with Gasteiger partial charge in [-0.2, -0.15) is 0 Å². The average molecular weight is 387 g/mol. The van der Waals surface area contributed by atoms with E-state index in [1.165, 1.54) is 18.5 Å². The van der Waals surface area contributed by atoms with E-state index < -0.39 is 11.8 Å². The molecule has 2 N–H and O–H groups in total. The molecule has 28 heavy (non-hydrogen) atoms. The van der Waals surface area contributed by atoms with E-state index in [-0.39, 0.29) is 6.04 Å². The lowest BCUT2D eigenvalue weighted by Crippen LogP contribution is -2.47. The summed E-state index contributed by atoms with van der Waals surface area (Å²) in [5.41, 5.74) is 1.29. The molecule has 1 aliphatic heterocycles. The van der Waals surface area contributed by atoms with Crippen molar-refractivity contribution < 1.29 is 9.59 Å². The van der Waals surface area contributed by atoms with Crippen LogP contribution >= 0.6 is 0 Å². The highest BCUT2D eigenvalue weighted by Crippen LogP contribution is 2.17. The number of benzene rings is 1. The zero-order valence-electron chi connectivity index (χ0n) is 16.9. The van der Waals surface area contributed by atoms with Crippen LogP contribution in [0.4, 0.5) is 5.69 Å². The number of piperazine rings is 1. The second-order valence-corrected chi connectivity index (χ2v) is 7.94. The molecule has 1 heterocycles. The molecule has 0 bridgehead atoms. The lowest BCUT2D eigenvalue weighted by atomic mass is 10.1.